The first-order chi connectivity index (χ1) is 9.28. The number of benzene rings is 1. The third kappa shape index (κ3) is 4.43. The molecular weight excluding hydrogens is 240 g/mol. The lowest BCUT2D eigenvalue weighted by molar-refractivity contribution is 0.222. The first-order valence-electron chi connectivity index (χ1n) is 6.40. The van der Waals surface area contributed by atoms with E-state index in [0.29, 0.717) is 13.2 Å². The molecule has 19 heavy (non-hydrogen) atoms. The van der Waals surface area contributed by atoms with Crippen molar-refractivity contribution in [3.05, 3.63) is 54.0 Å². The third-order valence-corrected chi connectivity index (χ3v) is 2.91. The lowest BCUT2D eigenvalue weighted by atomic mass is 10.2. The van der Waals surface area contributed by atoms with E-state index in [-0.39, 0.29) is 0 Å². The van der Waals surface area contributed by atoms with Crippen LogP contribution in [0.1, 0.15) is 11.3 Å². The highest BCUT2D eigenvalue weighted by Crippen LogP contribution is 2.11. The van der Waals surface area contributed by atoms with Crippen LogP contribution in [-0.2, 0) is 13.1 Å². The zero-order chi connectivity index (χ0) is 13.5. The Labute approximate surface area is 113 Å². The van der Waals surface area contributed by atoms with Gasteiger partial charge in [-0.15, -0.1) is 0 Å². The zero-order valence-corrected chi connectivity index (χ0v) is 11.2. The molecule has 0 unspecified atom stereocenters. The normalized spacial score (nSPS) is 10.9. The molecule has 0 saturated carbocycles. The number of nitrogens with two attached hydrogens (primary N) is 1. The first-order valence-corrected chi connectivity index (χ1v) is 6.40. The van der Waals surface area contributed by atoms with Crippen LogP contribution in [0.25, 0.3) is 0 Å². The predicted molar refractivity (Wildman–Crippen MR) is 74.9 cm³/mol. The number of hydrogen-bond acceptors (Lipinski definition) is 4. The van der Waals surface area contributed by atoms with Gasteiger partial charge in [0.05, 0.1) is 12.8 Å². The number of hydrogen-bond donors (Lipinski definition) is 1. The van der Waals surface area contributed by atoms with E-state index in [2.05, 4.69) is 4.90 Å². The number of likely N-dealkylation sites (N-methyl/N-ethyl adjacent to an activating group) is 1. The molecule has 2 N–H and O–H groups in total. The summed E-state index contributed by atoms with van der Waals surface area (Å²) in [5.41, 5.74) is 6.66. The van der Waals surface area contributed by atoms with E-state index in [9.17, 15) is 0 Å². The van der Waals surface area contributed by atoms with Gasteiger partial charge in [0, 0.05) is 13.1 Å². The van der Waals surface area contributed by atoms with Crippen molar-refractivity contribution in [1.82, 2.24) is 4.90 Å². The molecule has 4 heteroatoms. The molecule has 0 aliphatic carbocycles. The Balaban J connectivity index is 1.70. The van der Waals surface area contributed by atoms with Gasteiger partial charge < -0.3 is 14.9 Å². The van der Waals surface area contributed by atoms with Gasteiger partial charge >= 0.3 is 0 Å². The minimum Gasteiger partial charge on any atom is -0.492 e. The molecule has 2 aromatic rings. The summed E-state index contributed by atoms with van der Waals surface area (Å²) in [7, 11) is 2.05. The maximum Gasteiger partial charge on any atom is 0.119 e. The number of furan rings is 1. The molecule has 102 valence electrons. The molecule has 4 nitrogen and oxygen atoms in total. The molecule has 0 aliphatic rings. The molecule has 0 bridgehead atoms. The van der Waals surface area contributed by atoms with Gasteiger partial charge in [-0.2, -0.15) is 0 Å². The first kappa shape index (κ1) is 13.6. The van der Waals surface area contributed by atoms with Crippen molar-refractivity contribution in [1.29, 1.82) is 0 Å². The van der Waals surface area contributed by atoms with Crippen LogP contribution in [0, 0.1) is 0 Å². The summed E-state index contributed by atoms with van der Waals surface area (Å²) in [5.74, 6) is 1.85. The SMILES string of the molecule is CN(CCOc1ccc(CN)cc1)Cc1ccco1. The molecular formula is C15H20N2O2. The highest BCUT2D eigenvalue weighted by atomic mass is 16.5. The molecule has 0 aliphatic heterocycles. The fraction of sp³-hybridized carbons (Fsp3) is 0.333. The van der Waals surface area contributed by atoms with Crippen LogP contribution in [0.15, 0.2) is 47.1 Å². The number of rotatable bonds is 7. The van der Waals surface area contributed by atoms with Gasteiger partial charge in [-0.25, -0.2) is 0 Å². The second kappa shape index (κ2) is 6.97. The average molecular weight is 260 g/mol. The predicted octanol–water partition coefficient (Wildman–Crippen LogP) is 2.25. The van der Waals surface area contributed by atoms with Crippen LogP contribution < -0.4 is 10.5 Å². The fourth-order valence-corrected chi connectivity index (χ4v) is 1.79. The summed E-state index contributed by atoms with van der Waals surface area (Å²) in [6, 6.07) is 11.8. The Hall–Kier alpha value is -1.78. The summed E-state index contributed by atoms with van der Waals surface area (Å²) < 4.78 is 11.0. The molecule has 0 spiro atoms. The highest BCUT2D eigenvalue weighted by molar-refractivity contribution is 5.27. The van der Waals surface area contributed by atoms with E-state index >= 15 is 0 Å². The van der Waals surface area contributed by atoms with Crippen molar-refractivity contribution in [2.75, 3.05) is 20.2 Å². The third-order valence-electron chi connectivity index (χ3n) is 2.91. The topological polar surface area (TPSA) is 51.6 Å². The maximum absolute atomic E-state index is 5.68. The van der Waals surface area contributed by atoms with Crippen molar-refractivity contribution in [3.63, 3.8) is 0 Å². The lowest BCUT2D eigenvalue weighted by Gasteiger charge is -2.15. The quantitative estimate of drug-likeness (QED) is 0.829. The van der Waals surface area contributed by atoms with Gasteiger partial charge in [0.1, 0.15) is 18.1 Å². The molecule has 1 aromatic heterocycles. The van der Waals surface area contributed by atoms with Crippen LogP contribution in [-0.4, -0.2) is 25.1 Å². The van der Waals surface area contributed by atoms with Crippen LogP contribution >= 0.6 is 0 Å². The zero-order valence-electron chi connectivity index (χ0n) is 11.2. The molecule has 2 rings (SSSR count). The number of ether oxygens (including phenoxy) is 1. The summed E-state index contributed by atoms with van der Waals surface area (Å²) >= 11 is 0. The van der Waals surface area contributed by atoms with Crippen molar-refractivity contribution in [3.8, 4) is 5.75 Å². The standard InChI is InChI=1S/C15H20N2O2/c1-17(12-15-3-2-9-18-15)8-10-19-14-6-4-13(11-16)5-7-14/h2-7,9H,8,10-12,16H2,1H3. The Morgan fingerprint density at radius 1 is 1.21 bits per heavy atom. The van der Waals surface area contributed by atoms with Crippen LogP contribution in [0.5, 0.6) is 5.75 Å². The van der Waals surface area contributed by atoms with Crippen LogP contribution in [0.4, 0.5) is 0 Å². The molecule has 0 atom stereocenters. The summed E-state index contributed by atoms with van der Waals surface area (Å²) in [4.78, 5) is 2.16. The lowest BCUT2D eigenvalue weighted by Crippen LogP contribution is -2.23. The Kier molecular flexibility index (Phi) is 5.01. The van der Waals surface area contributed by atoms with Gasteiger partial charge in [0.2, 0.25) is 0 Å². The Morgan fingerprint density at radius 2 is 2.00 bits per heavy atom. The van der Waals surface area contributed by atoms with Gasteiger partial charge in [-0.05, 0) is 36.9 Å². The van der Waals surface area contributed by atoms with E-state index < -0.39 is 0 Å². The van der Waals surface area contributed by atoms with Crippen LogP contribution in [0.3, 0.4) is 0 Å². The Bertz CT molecular complexity index is 465. The summed E-state index contributed by atoms with van der Waals surface area (Å²) in [5, 5.41) is 0. The van der Waals surface area contributed by atoms with Gasteiger partial charge in [0.25, 0.3) is 0 Å². The monoisotopic (exact) mass is 260 g/mol. The fourth-order valence-electron chi connectivity index (χ4n) is 1.79. The van der Waals surface area contributed by atoms with E-state index in [0.717, 1.165) is 30.2 Å². The van der Waals surface area contributed by atoms with Crippen molar-refractivity contribution in [2.45, 2.75) is 13.1 Å². The van der Waals surface area contributed by atoms with E-state index in [1.807, 2.05) is 43.4 Å². The van der Waals surface area contributed by atoms with Gasteiger partial charge in [0.15, 0.2) is 0 Å². The summed E-state index contributed by atoms with van der Waals surface area (Å²) in [6.45, 7) is 2.85. The maximum atomic E-state index is 5.68. The molecule has 1 aromatic carbocycles. The minimum atomic E-state index is 0.562. The molecule has 0 saturated heterocycles. The van der Waals surface area contributed by atoms with Gasteiger partial charge in [-0.3, -0.25) is 4.90 Å². The number of nitrogens with zero attached hydrogens (tertiary/aromatic N) is 1. The van der Waals surface area contributed by atoms with Gasteiger partial charge in [-0.1, -0.05) is 12.1 Å². The second-order valence-electron chi connectivity index (χ2n) is 4.51. The minimum absolute atomic E-state index is 0.562. The Morgan fingerprint density at radius 3 is 2.63 bits per heavy atom. The van der Waals surface area contributed by atoms with E-state index in [1.54, 1.807) is 6.26 Å². The second-order valence-corrected chi connectivity index (χ2v) is 4.51. The largest absolute Gasteiger partial charge is 0.492 e. The molecule has 1 heterocycles. The van der Waals surface area contributed by atoms with Crippen molar-refractivity contribution in [2.24, 2.45) is 5.73 Å². The van der Waals surface area contributed by atoms with Crippen LogP contribution in [0.2, 0.25) is 0 Å². The summed E-state index contributed by atoms with van der Waals surface area (Å²) in [6.07, 6.45) is 1.69. The van der Waals surface area contributed by atoms with E-state index in [4.69, 9.17) is 14.9 Å². The molecule has 0 amide bonds. The average Bonchev–Trinajstić information content (AvgIpc) is 2.92. The van der Waals surface area contributed by atoms with Crippen molar-refractivity contribution < 1.29 is 9.15 Å². The molecule has 0 radical (unpaired) electrons. The van der Waals surface area contributed by atoms with Crippen molar-refractivity contribution >= 4 is 0 Å². The molecule has 0 fully saturated rings. The highest BCUT2D eigenvalue weighted by Gasteiger charge is 2.02. The smallest absolute Gasteiger partial charge is 0.119 e. The van der Waals surface area contributed by atoms with E-state index in [1.165, 1.54) is 0 Å².